The number of unbranched alkanes of at least 4 members (excludes halogenated alkanes) is 28. The predicted octanol–water partition coefficient (Wildman–Crippen LogP) is 12.2. The fourth-order valence-corrected chi connectivity index (χ4v) is 5.59. The van der Waals surface area contributed by atoms with E-state index in [2.05, 4.69) is 19.2 Å². The zero-order chi connectivity index (χ0) is 28.5. The first-order valence-corrected chi connectivity index (χ1v) is 18.0. The van der Waals surface area contributed by atoms with Gasteiger partial charge in [0.15, 0.2) is 0 Å². The lowest BCUT2D eigenvalue weighted by atomic mass is 10.0. The molecule has 0 aliphatic carbocycles. The highest BCUT2D eigenvalue weighted by molar-refractivity contribution is 5.95. The SMILES string of the molecule is CCCCCCCCCCCCCCCCCC(=O)NC(=O)CCCCCCCCCCCCCCCCC. The molecule has 0 saturated carbocycles. The number of carbonyl (C=O) groups excluding carboxylic acids is 2. The van der Waals surface area contributed by atoms with E-state index in [1.807, 2.05) is 0 Å². The third kappa shape index (κ3) is 33.2. The van der Waals surface area contributed by atoms with Crippen LogP contribution in [0.1, 0.15) is 219 Å². The van der Waals surface area contributed by atoms with Crippen LogP contribution in [0.25, 0.3) is 0 Å². The molecule has 0 aromatic carbocycles. The monoisotopic (exact) mass is 550 g/mol. The molecule has 3 nitrogen and oxygen atoms in total. The average molecular weight is 550 g/mol. The summed E-state index contributed by atoms with van der Waals surface area (Å²) >= 11 is 0. The zero-order valence-electron chi connectivity index (χ0n) is 26.9. The number of imide groups is 1. The number of amides is 2. The third-order valence-corrected chi connectivity index (χ3v) is 8.29. The van der Waals surface area contributed by atoms with Crippen LogP contribution in [0.5, 0.6) is 0 Å². The number of nitrogens with one attached hydrogen (secondary N) is 1. The number of hydrogen-bond acceptors (Lipinski definition) is 2. The van der Waals surface area contributed by atoms with Crippen molar-refractivity contribution in [1.29, 1.82) is 0 Å². The average Bonchev–Trinajstić information content (AvgIpc) is 2.93. The van der Waals surface area contributed by atoms with Crippen LogP contribution in [-0.2, 0) is 9.59 Å². The molecule has 0 bridgehead atoms. The minimum Gasteiger partial charge on any atom is -0.296 e. The fraction of sp³-hybridized carbons (Fsp3) is 0.944. The Labute approximate surface area is 245 Å². The zero-order valence-corrected chi connectivity index (χ0v) is 26.9. The summed E-state index contributed by atoms with van der Waals surface area (Å²) in [5.41, 5.74) is 0. The van der Waals surface area contributed by atoms with Crippen LogP contribution < -0.4 is 5.32 Å². The second kappa shape index (κ2) is 33.3. The van der Waals surface area contributed by atoms with Crippen molar-refractivity contribution >= 4 is 11.8 Å². The van der Waals surface area contributed by atoms with Crippen LogP contribution in [-0.4, -0.2) is 11.8 Å². The van der Waals surface area contributed by atoms with Gasteiger partial charge in [-0.3, -0.25) is 14.9 Å². The van der Waals surface area contributed by atoms with Gasteiger partial charge in [-0.1, -0.05) is 194 Å². The van der Waals surface area contributed by atoms with Gasteiger partial charge in [0.2, 0.25) is 11.8 Å². The highest BCUT2D eigenvalue weighted by Gasteiger charge is 2.07. The van der Waals surface area contributed by atoms with Crippen molar-refractivity contribution in [2.45, 2.75) is 219 Å². The minimum absolute atomic E-state index is 0.0735. The van der Waals surface area contributed by atoms with E-state index in [1.165, 1.54) is 167 Å². The van der Waals surface area contributed by atoms with Crippen LogP contribution in [0.15, 0.2) is 0 Å². The summed E-state index contributed by atoms with van der Waals surface area (Å²) in [6, 6.07) is 0. The van der Waals surface area contributed by atoms with Gasteiger partial charge in [0, 0.05) is 12.8 Å². The largest absolute Gasteiger partial charge is 0.296 e. The summed E-state index contributed by atoms with van der Waals surface area (Å²) in [6.45, 7) is 4.56. The van der Waals surface area contributed by atoms with Crippen molar-refractivity contribution in [3.8, 4) is 0 Å². The van der Waals surface area contributed by atoms with Crippen LogP contribution in [0.4, 0.5) is 0 Å². The van der Waals surface area contributed by atoms with Crippen LogP contribution in [0, 0.1) is 0 Å². The predicted molar refractivity (Wildman–Crippen MR) is 172 cm³/mol. The number of rotatable bonds is 32. The molecular formula is C36H71NO2. The van der Waals surface area contributed by atoms with Crippen molar-refractivity contribution in [1.82, 2.24) is 5.32 Å². The molecule has 0 radical (unpaired) electrons. The number of hydrogen-bond donors (Lipinski definition) is 1. The summed E-state index contributed by atoms with van der Waals surface area (Å²) in [5.74, 6) is -0.147. The molecule has 0 heterocycles. The lowest BCUT2D eigenvalue weighted by molar-refractivity contribution is -0.130. The molecule has 0 aliphatic rings. The molecule has 0 saturated heterocycles. The standard InChI is InChI=1S/C36H71NO2/c1-3-5-7-9-11-13-15-17-19-21-23-25-27-29-31-33-35(38)37-36(39)34-32-30-28-26-24-22-20-18-16-14-12-10-8-6-4-2/h3-34H2,1-2H3,(H,37,38,39). The molecule has 0 spiro atoms. The Morgan fingerprint density at radius 3 is 0.692 bits per heavy atom. The Balaban J connectivity index is 3.27. The Morgan fingerprint density at radius 2 is 0.487 bits per heavy atom. The Hall–Kier alpha value is -0.860. The summed E-state index contributed by atoms with van der Waals surface area (Å²) in [7, 11) is 0. The van der Waals surface area contributed by atoms with Crippen molar-refractivity contribution in [3.05, 3.63) is 0 Å². The highest BCUT2D eigenvalue weighted by Crippen LogP contribution is 2.15. The van der Waals surface area contributed by atoms with E-state index in [1.54, 1.807) is 0 Å². The smallest absolute Gasteiger partial charge is 0.226 e. The van der Waals surface area contributed by atoms with Crippen LogP contribution >= 0.6 is 0 Å². The van der Waals surface area contributed by atoms with Crippen molar-refractivity contribution < 1.29 is 9.59 Å². The maximum absolute atomic E-state index is 12.0. The lowest BCUT2D eigenvalue weighted by Gasteiger charge is -2.05. The highest BCUT2D eigenvalue weighted by atomic mass is 16.2. The third-order valence-electron chi connectivity index (χ3n) is 8.29. The van der Waals surface area contributed by atoms with E-state index in [0.717, 1.165) is 25.7 Å². The van der Waals surface area contributed by atoms with Gasteiger partial charge in [-0.15, -0.1) is 0 Å². The van der Waals surface area contributed by atoms with Crippen molar-refractivity contribution in [2.24, 2.45) is 0 Å². The van der Waals surface area contributed by atoms with Gasteiger partial charge in [0.1, 0.15) is 0 Å². The fourth-order valence-electron chi connectivity index (χ4n) is 5.59. The summed E-state index contributed by atoms with van der Waals surface area (Å²) in [4.78, 5) is 24.0. The summed E-state index contributed by atoms with van der Waals surface area (Å²) < 4.78 is 0. The second-order valence-electron chi connectivity index (χ2n) is 12.4. The Bertz CT molecular complexity index is 460. The molecule has 0 aromatic rings. The van der Waals surface area contributed by atoms with Gasteiger partial charge in [0.25, 0.3) is 0 Å². The maximum Gasteiger partial charge on any atom is 0.226 e. The summed E-state index contributed by atoms with van der Waals surface area (Å²) in [5, 5.41) is 2.60. The van der Waals surface area contributed by atoms with Gasteiger partial charge in [-0.2, -0.15) is 0 Å². The summed E-state index contributed by atoms with van der Waals surface area (Å²) in [6.07, 6.45) is 40.8. The van der Waals surface area contributed by atoms with Crippen molar-refractivity contribution in [3.63, 3.8) is 0 Å². The first-order chi connectivity index (χ1) is 19.2. The van der Waals surface area contributed by atoms with Crippen LogP contribution in [0.3, 0.4) is 0 Å². The van der Waals surface area contributed by atoms with Gasteiger partial charge < -0.3 is 0 Å². The Kier molecular flexibility index (Phi) is 32.6. The molecule has 39 heavy (non-hydrogen) atoms. The molecule has 232 valence electrons. The first-order valence-electron chi connectivity index (χ1n) is 18.0. The molecule has 0 fully saturated rings. The van der Waals surface area contributed by atoms with E-state index in [9.17, 15) is 9.59 Å². The van der Waals surface area contributed by atoms with E-state index in [0.29, 0.717) is 12.8 Å². The van der Waals surface area contributed by atoms with E-state index in [4.69, 9.17) is 0 Å². The van der Waals surface area contributed by atoms with Crippen molar-refractivity contribution in [2.75, 3.05) is 0 Å². The van der Waals surface area contributed by atoms with E-state index < -0.39 is 0 Å². The number of carbonyl (C=O) groups is 2. The Morgan fingerprint density at radius 1 is 0.308 bits per heavy atom. The van der Waals surface area contributed by atoms with E-state index >= 15 is 0 Å². The van der Waals surface area contributed by atoms with E-state index in [-0.39, 0.29) is 11.8 Å². The molecule has 0 aliphatic heterocycles. The molecular weight excluding hydrogens is 478 g/mol. The molecule has 0 rings (SSSR count). The molecule has 0 unspecified atom stereocenters. The van der Waals surface area contributed by atoms with Gasteiger partial charge >= 0.3 is 0 Å². The molecule has 3 heteroatoms. The molecule has 2 amide bonds. The second-order valence-corrected chi connectivity index (χ2v) is 12.4. The quantitative estimate of drug-likeness (QED) is 0.0848. The molecule has 0 atom stereocenters. The van der Waals surface area contributed by atoms with Gasteiger partial charge in [-0.05, 0) is 12.8 Å². The van der Waals surface area contributed by atoms with Crippen LogP contribution in [0.2, 0.25) is 0 Å². The maximum atomic E-state index is 12.0. The first kappa shape index (κ1) is 38.1. The normalized spacial score (nSPS) is 11.2. The topological polar surface area (TPSA) is 46.2 Å². The van der Waals surface area contributed by atoms with Gasteiger partial charge in [-0.25, -0.2) is 0 Å². The molecule has 0 aromatic heterocycles. The minimum atomic E-state index is -0.0735. The molecule has 1 N–H and O–H groups in total. The lowest BCUT2D eigenvalue weighted by Crippen LogP contribution is -2.29. The van der Waals surface area contributed by atoms with Gasteiger partial charge in [0.05, 0.1) is 0 Å².